The van der Waals surface area contributed by atoms with Gasteiger partial charge in [-0.15, -0.1) is 11.3 Å². The van der Waals surface area contributed by atoms with Gasteiger partial charge < -0.3 is 4.74 Å². The predicted molar refractivity (Wildman–Crippen MR) is 95.2 cm³/mol. The SMILES string of the molecule is CCn1cc2c(n1)[C@@H](COCC1CC1)CN(Cc1scnc1C)C2. The van der Waals surface area contributed by atoms with Crippen molar-refractivity contribution in [2.24, 2.45) is 5.92 Å². The van der Waals surface area contributed by atoms with Crippen molar-refractivity contribution in [1.82, 2.24) is 19.7 Å². The van der Waals surface area contributed by atoms with Crippen LogP contribution < -0.4 is 0 Å². The van der Waals surface area contributed by atoms with E-state index in [2.05, 4.69) is 34.6 Å². The molecule has 4 rings (SSSR count). The Morgan fingerprint density at radius 3 is 2.92 bits per heavy atom. The molecule has 1 aliphatic carbocycles. The van der Waals surface area contributed by atoms with Crippen LogP contribution in [0.15, 0.2) is 11.7 Å². The van der Waals surface area contributed by atoms with E-state index in [1.165, 1.54) is 29.0 Å². The van der Waals surface area contributed by atoms with E-state index < -0.39 is 0 Å². The minimum Gasteiger partial charge on any atom is -0.380 e. The summed E-state index contributed by atoms with van der Waals surface area (Å²) in [5.41, 5.74) is 5.73. The van der Waals surface area contributed by atoms with E-state index in [-0.39, 0.29) is 0 Å². The molecule has 24 heavy (non-hydrogen) atoms. The fourth-order valence-corrected chi connectivity index (χ4v) is 4.22. The zero-order valence-electron chi connectivity index (χ0n) is 14.6. The second kappa shape index (κ2) is 6.94. The fourth-order valence-electron chi connectivity index (χ4n) is 3.40. The number of hydrogen-bond donors (Lipinski definition) is 0. The minimum atomic E-state index is 0.383. The van der Waals surface area contributed by atoms with Crippen molar-refractivity contribution in [3.8, 4) is 0 Å². The largest absolute Gasteiger partial charge is 0.380 e. The Kier molecular flexibility index (Phi) is 4.70. The predicted octanol–water partition coefficient (Wildman–Crippen LogP) is 3.19. The number of rotatable bonds is 7. The Balaban J connectivity index is 1.48. The molecule has 0 bridgehead atoms. The lowest BCUT2D eigenvalue weighted by Crippen LogP contribution is -2.35. The summed E-state index contributed by atoms with van der Waals surface area (Å²) in [7, 11) is 0. The maximum Gasteiger partial charge on any atom is 0.0798 e. The fraction of sp³-hybridized carbons (Fsp3) is 0.667. The summed E-state index contributed by atoms with van der Waals surface area (Å²) in [6.45, 7) is 9.88. The molecule has 0 amide bonds. The van der Waals surface area contributed by atoms with Gasteiger partial charge in [0.1, 0.15) is 0 Å². The number of fused-ring (bicyclic) bond motifs is 1. The Morgan fingerprint density at radius 2 is 2.21 bits per heavy atom. The third kappa shape index (κ3) is 3.55. The van der Waals surface area contributed by atoms with Gasteiger partial charge in [-0.3, -0.25) is 9.58 Å². The van der Waals surface area contributed by atoms with E-state index in [1.54, 1.807) is 11.3 Å². The molecule has 2 aromatic heterocycles. The smallest absolute Gasteiger partial charge is 0.0798 e. The lowest BCUT2D eigenvalue weighted by atomic mass is 9.97. The summed E-state index contributed by atoms with van der Waals surface area (Å²) in [5, 5.41) is 4.81. The van der Waals surface area contributed by atoms with Crippen LogP contribution >= 0.6 is 11.3 Å². The van der Waals surface area contributed by atoms with E-state index in [9.17, 15) is 0 Å². The molecular weight excluding hydrogens is 320 g/mol. The van der Waals surface area contributed by atoms with E-state index >= 15 is 0 Å². The zero-order valence-corrected chi connectivity index (χ0v) is 15.4. The topological polar surface area (TPSA) is 43.2 Å². The van der Waals surface area contributed by atoms with Crippen LogP contribution in [0.3, 0.4) is 0 Å². The quantitative estimate of drug-likeness (QED) is 0.772. The molecule has 0 aromatic carbocycles. The summed E-state index contributed by atoms with van der Waals surface area (Å²) in [6.07, 6.45) is 4.91. The van der Waals surface area contributed by atoms with Gasteiger partial charge in [-0.1, -0.05) is 0 Å². The van der Waals surface area contributed by atoms with Crippen LogP contribution in [0.5, 0.6) is 0 Å². The van der Waals surface area contributed by atoms with Crippen LogP contribution in [0.1, 0.15) is 47.5 Å². The highest BCUT2D eigenvalue weighted by atomic mass is 32.1. The Labute approximate surface area is 147 Å². The molecule has 130 valence electrons. The first-order chi connectivity index (χ1) is 11.7. The third-order valence-electron chi connectivity index (χ3n) is 5.03. The van der Waals surface area contributed by atoms with Crippen molar-refractivity contribution in [1.29, 1.82) is 0 Å². The molecule has 0 radical (unpaired) electrons. The average molecular weight is 347 g/mol. The number of ether oxygens (including phenoxy) is 1. The van der Waals surface area contributed by atoms with Crippen molar-refractivity contribution < 1.29 is 4.74 Å². The molecule has 0 saturated heterocycles. The molecule has 6 heteroatoms. The van der Waals surface area contributed by atoms with Crippen molar-refractivity contribution in [2.75, 3.05) is 19.8 Å². The number of hydrogen-bond acceptors (Lipinski definition) is 5. The van der Waals surface area contributed by atoms with Gasteiger partial charge in [-0.05, 0) is 32.6 Å². The van der Waals surface area contributed by atoms with E-state index in [1.807, 2.05) is 5.51 Å². The molecule has 3 heterocycles. The number of aromatic nitrogens is 3. The van der Waals surface area contributed by atoms with Crippen LogP contribution in [0.4, 0.5) is 0 Å². The van der Waals surface area contributed by atoms with Crippen molar-refractivity contribution in [3.63, 3.8) is 0 Å². The van der Waals surface area contributed by atoms with Gasteiger partial charge in [-0.25, -0.2) is 4.98 Å². The number of aryl methyl sites for hydroxylation is 2. The Hall–Kier alpha value is -1.24. The highest BCUT2D eigenvalue weighted by Gasteiger charge is 2.30. The molecule has 1 aliphatic heterocycles. The van der Waals surface area contributed by atoms with Crippen LogP contribution in [-0.4, -0.2) is 39.4 Å². The van der Waals surface area contributed by atoms with Crippen molar-refractivity contribution in [2.45, 2.75) is 52.2 Å². The molecule has 0 unspecified atom stereocenters. The molecular formula is C18H26N4OS. The number of thiazole rings is 1. The maximum absolute atomic E-state index is 6.02. The van der Waals surface area contributed by atoms with E-state index in [4.69, 9.17) is 9.84 Å². The highest BCUT2D eigenvalue weighted by Crippen LogP contribution is 2.32. The summed E-state index contributed by atoms with van der Waals surface area (Å²) < 4.78 is 8.09. The molecule has 2 aromatic rings. The van der Waals surface area contributed by atoms with Gasteiger partial charge in [0.25, 0.3) is 0 Å². The monoisotopic (exact) mass is 346 g/mol. The summed E-state index contributed by atoms with van der Waals surface area (Å²) >= 11 is 1.76. The van der Waals surface area contributed by atoms with E-state index in [0.717, 1.165) is 51.0 Å². The van der Waals surface area contributed by atoms with Gasteiger partial charge in [0, 0.05) is 55.3 Å². The first-order valence-electron chi connectivity index (χ1n) is 8.98. The molecule has 0 spiro atoms. The lowest BCUT2D eigenvalue weighted by molar-refractivity contribution is 0.0883. The molecule has 1 fully saturated rings. The Bertz CT molecular complexity index is 691. The minimum absolute atomic E-state index is 0.383. The van der Waals surface area contributed by atoms with Gasteiger partial charge in [0.2, 0.25) is 0 Å². The molecule has 2 aliphatic rings. The highest BCUT2D eigenvalue weighted by molar-refractivity contribution is 7.09. The van der Waals surface area contributed by atoms with Gasteiger partial charge in [0.05, 0.1) is 23.5 Å². The van der Waals surface area contributed by atoms with Crippen molar-refractivity contribution >= 4 is 11.3 Å². The second-order valence-electron chi connectivity index (χ2n) is 7.10. The van der Waals surface area contributed by atoms with Gasteiger partial charge in [-0.2, -0.15) is 5.10 Å². The molecule has 1 saturated carbocycles. The van der Waals surface area contributed by atoms with Gasteiger partial charge in [0.15, 0.2) is 0 Å². The third-order valence-corrected chi connectivity index (χ3v) is 5.95. The Morgan fingerprint density at radius 1 is 1.33 bits per heavy atom. The summed E-state index contributed by atoms with van der Waals surface area (Å²) in [5.74, 6) is 1.20. The summed E-state index contributed by atoms with van der Waals surface area (Å²) in [4.78, 5) is 8.29. The van der Waals surface area contributed by atoms with Crippen molar-refractivity contribution in [3.05, 3.63) is 33.5 Å². The molecule has 1 atom stereocenters. The number of nitrogens with zero attached hydrogens (tertiary/aromatic N) is 4. The molecule has 0 N–H and O–H groups in total. The zero-order chi connectivity index (χ0) is 16.5. The van der Waals surface area contributed by atoms with Crippen LogP contribution in [0, 0.1) is 12.8 Å². The van der Waals surface area contributed by atoms with E-state index in [0.29, 0.717) is 5.92 Å². The first-order valence-corrected chi connectivity index (χ1v) is 9.86. The van der Waals surface area contributed by atoms with Crippen LogP contribution in [0.2, 0.25) is 0 Å². The van der Waals surface area contributed by atoms with Gasteiger partial charge >= 0.3 is 0 Å². The van der Waals surface area contributed by atoms with Crippen LogP contribution in [-0.2, 0) is 24.4 Å². The average Bonchev–Trinajstić information content (AvgIpc) is 3.16. The first kappa shape index (κ1) is 16.2. The standard InChI is InChI=1S/C18H26N4OS/c1-3-22-8-15-6-21(9-17-13(2)19-12-24-17)7-16(18(15)20-22)11-23-10-14-4-5-14/h8,12,14,16H,3-7,9-11H2,1-2H3/t16-/m1/s1. The molecule has 5 nitrogen and oxygen atoms in total. The second-order valence-corrected chi connectivity index (χ2v) is 8.04. The maximum atomic E-state index is 6.02. The summed E-state index contributed by atoms with van der Waals surface area (Å²) in [6, 6.07) is 0. The normalized spacial score (nSPS) is 21.2. The lowest BCUT2D eigenvalue weighted by Gasteiger charge is -2.31. The van der Waals surface area contributed by atoms with Crippen LogP contribution in [0.25, 0.3) is 0 Å².